The van der Waals surface area contributed by atoms with E-state index in [2.05, 4.69) is 9.97 Å². The molecule has 2 aliphatic carbocycles. The summed E-state index contributed by atoms with van der Waals surface area (Å²) in [4.78, 5) is 22.1. The van der Waals surface area contributed by atoms with Crippen LogP contribution in [0, 0.1) is 34.3 Å². The van der Waals surface area contributed by atoms with E-state index in [1.54, 1.807) is 48.8 Å². The quantitative estimate of drug-likeness (QED) is 0.329. The Bertz CT molecular complexity index is 1390. The number of halogens is 2. The maximum atomic E-state index is 14.8. The highest BCUT2D eigenvalue weighted by Gasteiger charge is 2.41. The van der Waals surface area contributed by atoms with Gasteiger partial charge in [0.2, 0.25) is 0 Å². The number of pyridine rings is 2. The Morgan fingerprint density at radius 3 is 2.00 bits per heavy atom. The van der Waals surface area contributed by atoms with Gasteiger partial charge < -0.3 is 0 Å². The van der Waals surface area contributed by atoms with Gasteiger partial charge in [-0.3, -0.25) is 14.8 Å². The normalized spacial score (nSPS) is 13.5. The van der Waals surface area contributed by atoms with Crippen LogP contribution in [0.15, 0.2) is 59.9 Å². The van der Waals surface area contributed by atoms with Crippen LogP contribution in [-0.2, 0) is 0 Å². The van der Waals surface area contributed by atoms with E-state index in [1.807, 2.05) is 0 Å². The molecule has 2 heterocycles. The lowest BCUT2D eigenvalue weighted by atomic mass is 9.91. The number of nitriles is 2. The maximum Gasteiger partial charge on any atom is 0.195 e. The van der Waals surface area contributed by atoms with Gasteiger partial charge in [-0.05, 0) is 24.3 Å². The Morgan fingerprint density at radius 1 is 0.833 bits per heavy atom. The summed E-state index contributed by atoms with van der Waals surface area (Å²) >= 11 is 0. The van der Waals surface area contributed by atoms with Crippen LogP contribution in [0.2, 0.25) is 0 Å². The van der Waals surface area contributed by atoms with Crippen molar-refractivity contribution < 1.29 is 13.6 Å². The second-order valence-corrected chi connectivity index (χ2v) is 6.64. The number of hydrogen-bond donors (Lipinski definition) is 0. The molecule has 0 saturated carbocycles. The molecule has 0 radical (unpaired) electrons. The number of carbonyl (C=O) groups is 1. The lowest BCUT2D eigenvalue weighted by Crippen LogP contribution is -2.01. The zero-order valence-electron chi connectivity index (χ0n) is 15.1. The molecule has 1 aromatic carbocycles. The number of carbonyl (C=O) groups excluding carboxylic acids is 1. The molecule has 2 aromatic heterocycles. The summed E-state index contributed by atoms with van der Waals surface area (Å²) < 4.78 is 28.8. The molecule has 0 N–H and O–H groups in total. The predicted octanol–water partition coefficient (Wildman–Crippen LogP) is 4.23. The van der Waals surface area contributed by atoms with Gasteiger partial charge in [0, 0.05) is 51.4 Å². The van der Waals surface area contributed by atoms with Crippen LogP contribution in [-0.4, -0.2) is 15.8 Å². The third-order valence-corrected chi connectivity index (χ3v) is 5.17. The topological polar surface area (TPSA) is 90.4 Å². The molecular weight excluding hydrogens is 386 g/mol. The van der Waals surface area contributed by atoms with Gasteiger partial charge in [-0.1, -0.05) is 12.1 Å². The molecule has 5 rings (SSSR count). The largest absolute Gasteiger partial charge is 0.289 e. The molecule has 2 aliphatic rings. The standard InChI is InChI=1S/C23H8F2N4O/c24-15-6-5-14-18(20(15)25)16(11(9-26)10-27)19(23(14)30)17-12-3-1-7-28-21(12)22-13(17)4-2-8-29-22/h1-8H. The lowest BCUT2D eigenvalue weighted by molar-refractivity contribution is 0.104. The van der Waals surface area contributed by atoms with E-state index in [0.717, 1.165) is 6.07 Å². The first-order valence-corrected chi connectivity index (χ1v) is 8.81. The van der Waals surface area contributed by atoms with Crippen molar-refractivity contribution in [1.82, 2.24) is 9.97 Å². The van der Waals surface area contributed by atoms with E-state index in [4.69, 9.17) is 0 Å². The molecule has 30 heavy (non-hydrogen) atoms. The SMILES string of the molecule is N#CC(C#N)=C1C(=C2c3cccnc3-c3ncccc32)C(=O)c2ccc(F)c(F)c21. The molecule has 7 heteroatoms. The number of fused-ring (bicyclic) bond motifs is 4. The molecule has 0 atom stereocenters. The fourth-order valence-electron chi connectivity index (χ4n) is 3.99. The van der Waals surface area contributed by atoms with Crippen LogP contribution in [0.5, 0.6) is 0 Å². The van der Waals surface area contributed by atoms with Gasteiger partial charge in [0.05, 0.1) is 11.4 Å². The molecular formula is C23H8F2N4O. The average Bonchev–Trinajstić information content (AvgIpc) is 3.24. The first-order chi connectivity index (χ1) is 14.6. The summed E-state index contributed by atoms with van der Waals surface area (Å²) in [5.74, 6) is -3.04. The second kappa shape index (κ2) is 6.26. The number of ketones is 1. The van der Waals surface area contributed by atoms with Crippen molar-refractivity contribution in [3.8, 4) is 23.5 Å². The number of benzene rings is 1. The number of aromatic nitrogens is 2. The van der Waals surface area contributed by atoms with Crippen LogP contribution in [0.4, 0.5) is 8.78 Å². The zero-order chi connectivity index (χ0) is 21.0. The van der Waals surface area contributed by atoms with Crippen molar-refractivity contribution in [2.24, 2.45) is 0 Å². The fraction of sp³-hybridized carbons (Fsp3) is 0. The number of hydrogen-bond acceptors (Lipinski definition) is 5. The highest BCUT2D eigenvalue weighted by atomic mass is 19.2. The molecule has 0 spiro atoms. The van der Waals surface area contributed by atoms with Gasteiger partial charge in [0.1, 0.15) is 17.7 Å². The van der Waals surface area contributed by atoms with Crippen molar-refractivity contribution in [3.05, 3.63) is 93.8 Å². The van der Waals surface area contributed by atoms with Gasteiger partial charge in [-0.15, -0.1) is 0 Å². The van der Waals surface area contributed by atoms with Crippen molar-refractivity contribution in [3.63, 3.8) is 0 Å². The molecule has 140 valence electrons. The highest BCUT2D eigenvalue weighted by molar-refractivity contribution is 6.33. The first kappa shape index (κ1) is 17.6. The molecule has 0 bridgehead atoms. The monoisotopic (exact) mass is 394 g/mol. The number of rotatable bonds is 0. The zero-order valence-corrected chi connectivity index (χ0v) is 15.1. The van der Waals surface area contributed by atoms with Crippen LogP contribution in [0.3, 0.4) is 0 Å². The molecule has 0 aliphatic heterocycles. The number of nitrogens with zero attached hydrogens (tertiary/aromatic N) is 4. The summed E-state index contributed by atoms with van der Waals surface area (Å²) in [5, 5.41) is 19.0. The van der Waals surface area contributed by atoms with Crippen molar-refractivity contribution >= 4 is 16.9 Å². The molecule has 0 saturated heterocycles. The fourth-order valence-corrected chi connectivity index (χ4v) is 3.99. The minimum Gasteiger partial charge on any atom is -0.289 e. The summed E-state index contributed by atoms with van der Waals surface area (Å²) in [6, 6.07) is 12.3. The van der Waals surface area contributed by atoms with Gasteiger partial charge in [-0.2, -0.15) is 10.5 Å². The van der Waals surface area contributed by atoms with Crippen LogP contribution >= 0.6 is 0 Å². The highest BCUT2D eigenvalue weighted by Crippen LogP contribution is 2.50. The molecule has 0 amide bonds. The Labute approximate surface area is 168 Å². The van der Waals surface area contributed by atoms with E-state index >= 15 is 0 Å². The maximum absolute atomic E-state index is 14.8. The van der Waals surface area contributed by atoms with Crippen molar-refractivity contribution in [2.75, 3.05) is 0 Å². The Kier molecular flexibility index (Phi) is 3.67. The van der Waals surface area contributed by atoms with Gasteiger partial charge in [0.25, 0.3) is 0 Å². The smallest absolute Gasteiger partial charge is 0.195 e. The van der Waals surface area contributed by atoms with Crippen molar-refractivity contribution in [2.45, 2.75) is 0 Å². The summed E-state index contributed by atoms with van der Waals surface area (Å²) in [7, 11) is 0. The predicted molar refractivity (Wildman–Crippen MR) is 102 cm³/mol. The van der Waals surface area contributed by atoms with Crippen LogP contribution < -0.4 is 0 Å². The van der Waals surface area contributed by atoms with E-state index in [1.165, 1.54) is 6.07 Å². The second-order valence-electron chi connectivity index (χ2n) is 6.64. The third kappa shape index (κ3) is 2.15. The molecule has 5 nitrogen and oxygen atoms in total. The van der Waals surface area contributed by atoms with Gasteiger partial charge in [-0.25, -0.2) is 8.78 Å². The van der Waals surface area contributed by atoms with Gasteiger partial charge >= 0.3 is 0 Å². The lowest BCUT2D eigenvalue weighted by Gasteiger charge is -2.09. The van der Waals surface area contributed by atoms with Crippen LogP contribution in [0.1, 0.15) is 27.0 Å². The number of Topliss-reactive ketones (excluding diaryl/α,β-unsaturated/α-hetero) is 1. The van der Waals surface area contributed by atoms with Gasteiger partial charge in [0.15, 0.2) is 17.4 Å². The first-order valence-electron chi connectivity index (χ1n) is 8.81. The van der Waals surface area contributed by atoms with E-state index in [-0.39, 0.29) is 22.3 Å². The van der Waals surface area contributed by atoms with E-state index in [0.29, 0.717) is 28.1 Å². The summed E-state index contributed by atoms with van der Waals surface area (Å²) in [5.41, 5.74) is 1.39. The Morgan fingerprint density at radius 2 is 1.43 bits per heavy atom. The molecule has 3 aromatic rings. The summed E-state index contributed by atoms with van der Waals surface area (Å²) in [6.45, 7) is 0. The third-order valence-electron chi connectivity index (χ3n) is 5.17. The minimum absolute atomic E-state index is 0.0337. The van der Waals surface area contributed by atoms with E-state index in [9.17, 15) is 24.1 Å². The Balaban J connectivity index is 2.00. The molecule has 0 fully saturated rings. The minimum atomic E-state index is -1.27. The number of allylic oxidation sites excluding steroid dienone is 3. The summed E-state index contributed by atoms with van der Waals surface area (Å²) in [6.07, 6.45) is 3.16. The Hall–Kier alpha value is -4.49. The van der Waals surface area contributed by atoms with Crippen LogP contribution in [0.25, 0.3) is 22.5 Å². The van der Waals surface area contributed by atoms with Crippen molar-refractivity contribution in [1.29, 1.82) is 10.5 Å². The molecule has 0 unspecified atom stereocenters. The van der Waals surface area contributed by atoms with E-state index < -0.39 is 23.0 Å². The average molecular weight is 394 g/mol.